The number of aryl methyl sites for hydroxylation is 2. The molecule has 2 heterocycles. The number of hydrogen-bond donors (Lipinski definition) is 3. The molecule has 4 rings (SSSR count). The molecule has 1 aliphatic carbocycles. The second-order valence-corrected chi connectivity index (χ2v) is 8.02. The molecule has 0 fully saturated rings. The Balaban J connectivity index is 0.000000233. The van der Waals surface area contributed by atoms with Crippen molar-refractivity contribution >= 4 is 37.0 Å². The van der Waals surface area contributed by atoms with E-state index >= 15 is 0 Å². The quantitative estimate of drug-likeness (QED) is 0.522. The number of nitrogens with zero attached hydrogens (tertiary/aromatic N) is 1. The van der Waals surface area contributed by atoms with E-state index in [2.05, 4.69) is 28.7 Å². The summed E-state index contributed by atoms with van der Waals surface area (Å²) in [7, 11) is -4.19. The predicted octanol–water partition coefficient (Wildman–Crippen LogP) is 0.720. The number of aromatic nitrogens is 1. The molecule has 0 radical (unpaired) electrons. The van der Waals surface area contributed by atoms with Gasteiger partial charge in [0, 0.05) is 12.5 Å². The van der Waals surface area contributed by atoms with Crippen LogP contribution in [0.5, 0.6) is 0 Å². The van der Waals surface area contributed by atoms with Crippen LogP contribution in [0.2, 0.25) is 0 Å². The van der Waals surface area contributed by atoms with Gasteiger partial charge in [-0.25, -0.2) is 0 Å². The van der Waals surface area contributed by atoms with Gasteiger partial charge >= 0.3 is 33.0 Å². The summed E-state index contributed by atoms with van der Waals surface area (Å²) < 4.78 is 35.6. The molecule has 0 bridgehead atoms. The van der Waals surface area contributed by atoms with Crippen molar-refractivity contribution in [1.82, 2.24) is 0 Å². The Morgan fingerprint density at radius 2 is 1.71 bits per heavy atom. The molecule has 3 aromatic rings. The van der Waals surface area contributed by atoms with Crippen LogP contribution in [0.1, 0.15) is 23.4 Å². The number of benzene rings is 1. The summed E-state index contributed by atoms with van der Waals surface area (Å²) in [5.41, 5.74) is 2.99. The summed E-state index contributed by atoms with van der Waals surface area (Å²) in [6.07, 6.45) is 5.29. The standard InChI is InChI=1S/C13H12NS2.ClH3O4/c1-3-7-11-9(5-1)14-10-6-2-4-8-12(10)16-13(14)15-11;2-1(3,4)5/h1,3,5,7H,2,4,6,8H2;2-4H/q+1;. The Morgan fingerprint density at radius 3 is 2.48 bits per heavy atom. The molecule has 8 heteroatoms. The smallest absolute Gasteiger partial charge is 0.137 e. The van der Waals surface area contributed by atoms with E-state index < -0.39 is 10.2 Å². The van der Waals surface area contributed by atoms with Crippen LogP contribution in [-0.4, -0.2) is 14.0 Å². The summed E-state index contributed by atoms with van der Waals surface area (Å²) in [4.78, 5) is 1.63. The summed E-state index contributed by atoms with van der Waals surface area (Å²) in [6.45, 7) is 0. The molecule has 0 aliphatic heterocycles. The van der Waals surface area contributed by atoms with Gasteiger partial charge in [0.15, 0.2) is 0 Å². The average molecular weight is 349 g/mol. The van der Waals surface area contributed by atoms with Crippen LogP contribution in [0.15, 0.2) is 24.3 Å². The van der Waals surface area contributed by atoms with Crippen molar-refractivity contribution in [3.8, 4) is 0 Å². The third-order valence-corrected chi connectivity index (χ3v) is 5.82. The summed E-state index contributed by atoms with van der Waals surface area (Å²) >= 11 is 3.94. The van der Waals surface area contributed by atoms with Crippen molar-refractivity contribution in [1.29, 1.82) is 0 Å². The Labute approximate surface area is 131 Å². The molecule has 0 unspecified atom stereocenters. The van der Waals surface area contributed by atoms with Crippen molar-refractivity contribution in [2.24, 2.45) is 0 Å². The average Bonchev–Trinajstić information content (AvgIpc) is 2.91. The minimum absolute atomic E-state index is 1.26. The number of fused-ring (bicyclic) bond motifs is 5. The normalized spacial score (nSPS) is 15.6. The molecule has 114 valence electrons. The minimum atomic E-state index is -4.19. The van der Waals surface area contributed by atoms with Crippen LogP contribution in [0.25, 0.3) is 14.4 Å². The SMILES string of the molecule is [O-][Cl+](O)(O)O.c1ccc2c(c1)sc1sc3c([n+]12)CCCC3. The molecule has 2 aromatic heterocycles. The third kappa shape index (κ3) is 3.35. The first-order valence-corrected chi connectivity index (χ1v) is 9.39. The molecule has 3 N–H and O–H groups in total. The van der Waals surface area contributed by atoms with Gasteiger partial charge in [-0.15, -0.1) is 4.40 Å². The molecular weight excluding hydrogens is 334 g/mol. The largest absolute Gasteiger partial charge is 0.326 e. The van der Waals surface area contributed by atoms with Gasteiger partial charge in [0.2, 0.25) is 11.2 Å². The topological polar surface area (TPSA) is 87.8 Å². The first-order chi connectivity index (χ1) is 9.93. The fourth-order valence-electron chi connectivity index (χ4n) is 2.60. The van der Waals surface area contributed by atoms with Crippen molar-refractivity contribution in [3.63, 3.8) is 0 Å². The van der Waals surface area contributed by atoms with Gasteiger partial charge in [0.1, 0.15) is 4.70 Å². The molecule has 21 heavy (non-hydrogen) atoms. The zero-order chi connectivity index (χ0) is 15.0. The molecule has 0 amide bonds. The first-order valence-electron chi connectivity index (χ1n) is 6.43. The van der Waals surface area contributed by atoms with Crippen LogP contribution in [0, 0.1) is 10.2 Å². The molecule has 5 nitrogen and oxygen atoms in total. The van der Waals surface area contributed by atoms with E-state index in [1.165, 1.54) is 40.0 Å². The number of rotatable bonds is 0. The molecule has 1 aliphatic rings. The summed E-state index contributed by atoms with van der Waals surface area (Å²) in [5, 5.41) is 0. The zero-order valence-electron chi connectivity index (χ0n) is 11.0. The summed E-state index contributed by atoms with van der Waals surface area (Å²) in [6, 6.07) is 8.76. The van der Waals surface area contributed by atoms with Crippen molar-refractivity contribution in [2.75, 3.05) is 0 Å². The number of thiazole rings is 2. The van der Waals surface area contributed by atoms with Gasteiger partial charge in [0.25, 0.3) is 0 Å². The van der Waals surface area contributed by atoms with Crippen LogP contribution < -0.4 is 9.06 Å². The molecular formula is C13H15ClNO4S2+. The van der Waals surface area contributed by atoms with Crippen molar-refractivity contribution in [3.05, 3.63) is 34.8 Å². The molecule has 0 atom stereocenters. The molecule has 0 saturated heterocycles. The molecule has 0 spiro atoms. The van der Waals surface area contributed by atoms with E-state index in [1.807, 2.05) is 22.7 Å². The van der Waals surface area contributed by atoms with E-state index in [-0.39, 0.29) is 0 Å². The predicted molar refractivity (Wildman–Crippen MR) is 76.2 cm³/mol. The van der Waals surface area contributed by atoms with Crippen molar-refractivity contribution < 1.29 is 33.3 Å². The second kappa shape index (κ2) is 5.77. The fourth-order valence-corrected chi connectivity index (χ4v) is 5.31. The van der Waals surface area contributed by atoms with Crippen LogP contribution >= 0.6 is 22.7 Å². The Kier molecular flexibility index (Phi) is 4.15. The van der Waals surface area contributed by atoms with E-state index in [9.17, 15) is 0 Å². The third-order valence-electron chi connectivity index (χ3n) is 3.36. The van der Waals surface area contributed by atoms with Gasteiger partial charge in [-0.1, -0.05) is 34.8 Å². The van der Waals surface area contributed by atoms with E-state index in [0.29, 0.717) is 0 Å². The number of halogens is 1. The van der Waals surface area contributed by atoms with Gasteiger partial charge in [0.05, 0.1) is 4.88 Å². The van der Waals surface area contributed by atoms with Gasteiger partial charge in [-0.05, 0) is 25.3 Å². The van der Waals surface area contributed by atoms with Crippen molar-refractivity contribution in [2.45, 2.75) is 25.7 Å². The summed E-state index contributed by atoms with van der Waals surface area (Å²) in [5.74, 6) is 0. The molecule has 0 saturated carbocycles. The fraction of sp³-hybridized carbons (Fsp3) is 0.308. The Bertz CT molecular complexity index is 772. The second-order valence-electron chi connectivity index (χ2n) is 4.78. The maximum Gasteiger partial charge on any atom is 0.326 e. The van der Waals surface area contributed by atoms with E-state index in [4.69, 9.17) is 18.6 Å². The minimum Gasteiger partial charge on any atom is -0.137 e. The maximum atomic E-state index is 8.83. The van der Waals surface area contributed by atoms with E-state index in [0.717, 1.165) is 0 Å². The Hall–Kier alpha value is -0.800. The van der Waals surface area contributed by atoms with Crippen LogP contribution in [-0.2, 0) is 12.8 Å². The van der Waals surface area contributed by atoms with E-state index in [1.54, 1.807) is 10.6 Å². The molecule has 1 aromatic carbocycles. The Morgan fingerprint density at radius 1 is 1.05 bits per heavy atom. The van der Waals surface area contributed by atoms with Crippen LogP contribution in [0.4, 0.5) is 0 Å². The van der Waals surface area contributed by atoms with Gasteiger partial charge in [-0.2, -0.15) is 0 Å². The first kappa shape index (κ1) is 15.1. The zero-order valence-corrected chi connectivity index (χ0v) is 13.4. The number of para-hydroxylation sites is 1. The maximum absolute atomic E-state index is 8.83. The number of hydrogen-bond acceptors (Lipinski definition) is 6. The monoisotopic (exact) mass is 348 g/mol. The van der Waals surface area contributed by atoms with Gasteiger partial charge in [-0.3, -0.25) is 0 Å². The van der Waals surface area contributed by atoms with Crippen LogP contribution in [0.3, 0.4) is 0 Å². The van der Waals surface area contributed by atoms with Gasteiger partial charge < -0.3 is 0 Å².